The maximum Gasteiger partial charge on any atom is 0.264 e. The van der Waals surface area contributed by atoms with Crippen LogP contribution in [0.5, 0.6) is 0 Å². The van der Waals surface area contributed by atoms with Crippen LogP contribution >= 0.6 is 11.3 Å². The number of rotatable bonds is 4. The van der Waals surface area contributed by atoms with Gasteiger partial charge in [0.2, 0.25) is 0 Å². The highest BCUT2D eigenvalue weighted by atomic mass is 32.1. The van der Waals surface area contributed by atoms with Gasteiger partial charge in [-0.1, -0.05) is 18.2 Å². The molecule has 4 nitrogen and oxygen atoms in total. The summed E-state index contributed by atoms with van der Waals surface area (Å²) >= 11 is 1.44. The van der Waals surface area contributed by atoms with Gasteiger partial charge in [0.25, 0.3) is 5.91 Å². The first-order valence-electron chi connectivity index (χ1n) is 6.45. The van der Waals surface area contributed by atoms with E-state index in [1.807, 2.05) is 39.0 Å². The van der Waals surface area contributed by atoms with Gasteiger partial charge in [0.1, 0.15) is 4.88 Å². The molecule has 2 aromatic rings. The quantitative estimate of drug-likeness (QED) is 0.910. The minimum absolute atomic E-state index is 0.148. The van der Waals surface area contributed by atoms with Gasteiger partial charge in [-0.15, -0.1) is 11.3 Å². The zero-order chi connectivity index (χ0) is 14.9. The summed E-state index contributed by atoms with van der Waals surface area (Å²) in [5.41, 5.74) is 7.38. The summed E-state index contributed by atoms with van der Waals surface area (Å²) in [6.45, 7) is 6.31. The zero-order valence-corrected chi connectivity index (χ0v) is 13.1. The highest BCUT2D eigenvalue weighted by Crippen LogP contribution is 2.35. The van der Waals surface area contributed by atoms with Gasteiger partial charge >= 0.3 is 0 Å². The Morgan fingerprint density at radius 3 is 2.75 bits per heavy atom. The fourth-order valence-corrected chi connectivity index (χ4v) is 3.29. The molecule has 1 aromatic heterocycles. The number of aryl methyl sites for hydroxylation is 1. The Morgan fingerprint density at radius 1 is 1.45 bits per heavy atom. The highest BCUT2D eigenvalue weighted by molar-refractivity contribution is 7.21. The zero-order valence-electron chi connectivity index (χ0n) is 12.2. The Labute approximate surface area is 122 Å². The molecule has 0 saturated carbocycles. The minimum atomic E-state index is -0.427. The second kappa shape index (κ2) is 5.42. The van der Waals surface area contributed by atoms with Crippen molar-refractivity contribution in [2.45, 2.75) is 26.3 Å². The van der Waals surface area contributed by atoms with Crippen LogP contribution in [0.1, 0.15) is 29.1 Å². The third-order valence-electron chi connectivity index (χ3n) is 3.11. The first kappa shape index (κ1) is 14.8. The highest BCUT2D eigenvalue weighted by Gasteiger charge is 2.24. The smallest absolute Gasteiger partial charge is 0.264 e. The standard InChI is InChI=1S/C15H20N2O2S/c1-9-6-5-7-10-11(16)13(20-12(9)10)14(18)17-15(2,3)8-19-4/h5-7H,8,16H2,1-4H3,(H,17,18). The summed E-state index contributed by atoms with van der Waals surface area (Å²) in [5, 5.41) is 3.91. The van der Waals surface area contributed by atoms with E-state index in [9.17, 15) is 4.79 Å². The Morgan fingerprint density at radius 2 is 2.15 bits per heavy atom. The molecule has 0 fully saturated rings. The number of carbonyl (C=O) groups is 1. The third-order valence-corrected chi connectivity index (χ3v) is 4.47. The largest absolute Gasteiger partial charge is 0.397 e. The van der Waals surface area contributed by atoms with Crippen molar-refractivity contribution in [1.29, 1.82) is 0 Å². The molecule has 0 aliphatic carbocycles. The molecule has 2 rings (SSSR count). The number of nitrogens with two attached hydrogens (primary N) is 1. The number of thiophene rings is 1. The van der Waals surface area contributed by atoms with Gasteiger partial charge in [-0.25, -0.2) is 0 Å². The number of ether oxygens (including phenoxy) is 1. The first-order chi connectivity index (χ1) is 9.35. The molecule has 0 saturated heterocycles. The number of methoxy groups -OCH3 is 1. The third kappa shape index (κ3) is 2.78. The van der Waals surface area contributed by atoms with Gasteiger partial charge in [-0.3, -0.25) is 4.79 Å². The molecule has 1 amide bonds. The SMILES string of the molecule is COCC(C)(C)NC(=O)c1sc2c(C)cccc2c1N. The number of benzene rings is 1. The molecule has 0 unspecified atom stereocenters. The monoisotopic (exact) mass is 292 g/mol. The van der Waals surface area contributed by atoms with Gasteiger partial charge in [-0.2, -0.15) is 0 Å². The number of amides is 1. The van der Waals surface area contributed by atoms with Crippen molar-refractivity contribution in [2.24, 2.45) is 0 Å². The predicted octanol–water partition coefficient (Wildman–Crippen LogP) is 2.95. The fourth-order valence-electron chi connectivity index (χ4n) is 2.21. The van der Waals surface area contributed by atoms with Crippen LogP contribution in [0.15, 0.2) is 18.2 Å². The van der Waals surface area contributed by atoms with E-state index in [2.05, 4.69) is 5.32 Å². The molecule has 0 radical (unpaired) electrons. The topological polar surface area (TPSA) is 64.3 Å². The van der Waals surface area contributed by atoms with Crippen LogP contribution in [-0.4, -0.2) is 25.2 Å². The molecule has 0 bridgehead atoms. The van der Waals surface area contributed by atoms with E-state index in [0.29, 0.717) is 17.2 Å². The molecule has 0 atom stereocenters. The van der Waals surface area contributed by atoms with Crippen molar-refractivity contribution in [3.63, 3.8) is 0 Å². The van der Waals surface area contributed by atoms with Gasteiger partial charge in [0.15, 0.2) is 0 Å². The van der Waals surface area contributed by atoms with Crippen LogP contribution in [0.4, 0.5) is 5.69 Å². The summed E-state index contributed by atoms with van der Waals surface area (Å²) in [4.78, 5) is 13.0. The van der Waals surface area contributed by atoms with Crippen molar-refractivity contribution in [3.05, 3.63) is 28.6 Å². The molecule has 1 aromatic carbocycles. The van der Waals surface area contributed by atoms with Crippen molar-refractivity contribution < 1.29 is 9.53 Å². The van der Waals surface area contributed by atoms with Crippen molar-refractivity contribution in [3.8, 4) is 0 Å². The van der Waals surface area contributed by atoms with E-state index in [0.717, 1.165) is 15.6 Å². The average molecular weight is 292 g/mol. The van der Waals surface area contributed by atoms with Crippen LogP contribution in [0.2, 0.25) is 0 Å². The van der Waals surface area contributed by atoms with Crippen molar-refractivity contribution in [1.82, 2.24) is 5.32 Å². The number of nitrogens with one attached hydrogen (secondary N) is 1. The van der Waals surface area contributed by atoms with Crippen LogP contribution in [0.25, 0.3) is 10.1 Å². The second-order valence-electron chi connectivity index (χ2n) is 5.57. The molecule has 20 heavy (non-hydrogen) atoms. The fraction of sp³-hybridized carbons (Fsp3) is 0.400. The van der Waals surface area contributed by atoms with Crippen LogP contribution in [0.3, 0.4) is 0 Å². The Hall–Kier alpha value is -1.59. The normalized spacial score (nSPS) is 11.8. The maximum absolute atomic E-state index is 12.4. The van der Waals surface area contributed by atoms with Gasteiger partial charge in [0, 0.05) is 17.2 Å². The number of hydrogen-bond acceptors (Lipinski definition) is 4. The van der Waals surface area contributed by atoms with Crippen molar-refractivity contribution >= 4 is 33.0 Å². The Kier molecular flexibility index (Phi) is 4.01. The molecular weight excluding hydrogens is 272 g/mol. The average Bonchev–Trinajstić information content (AvgIpc) is 2.68. The summed E-state index contributed by atoms with van der Waals surface area (Å²) in [6.07, 6.45) is 0. The summed E-state index contributed by atoms with van der Waals surface area (Å²) in [6, 6.07) is 5.93. The van der Waals surface area contributed by atoms with E-state index in [1.165, 1.54) is 11.3 Å². The van der Waals surface area contributed by atoms with Crippen LogP contribution in [-0.2, 0) is 4.74 Å². The number of anilines is 1. The molecule has 0 aliphatic heterocycles. The summed E-state index contributed by atoms with van der Waals surface area (Å²) in [5.74, 6) is -0.148. The lowest BCUT2D eigenvalue weighted by Crippen LogP contribution is -2.46. The van der Waals surface area contributed by atoms with E-state index in [-0.39, 0.29) is 5.91 Å². The molecule has 1 heterocycles. The van der Waals surface area contributed by atoms with Gasteiger partial charge < -0.3 is 15.8 Å². The Bertz CT molecular complexity index is 647. The van der Waals surface area contributed by atoms with Crippen LogP contribution in [0, 0.1) is 6.92 Å². The summed E-state index contributed by atoms with van der Waals surface area (Å²) < 4.78 is 6.18. The molecule has 5 heteroatoms. The lowest BCUT2D eigenvalue weighted by Gasteiger charge is -2.24. The molecule has 0 aliphatic rings. The molecule has 108 valence electrons. The summed E-state index contributed by atoms with van der Waals surface area (Å²) in [7, 11) is 1.62. The number of nitrogen functional groups attached to an aromatic ring is 1. The van der Waals surface area contributed by atoms with Gasteiger partial charge in [0.05, 0.1) is 17.8 Å². The number of hydrogen-bond donors (Lipinski definition) is 2. The molecular formula is C15H20N2O2S. The minimum Gasteiger partial charge on any atom is -0.397 e. The van der Waals surface area contributed by atoms with Crippen molar-refractivity contribution in [2.75, 3.05) is 19.5 Å². The Balaban J connectivity index is 2.36. The molecule has 3 N–H and O–H groups in total. The first-order valence-corrected chi connectivity index (χ1v) is 7.26. The van der Waals surface area contributed by atoms with E-state index >= 15 is 0 Å². The lowest BCUT2D eigenvalue weighted by molar-refractivity contribution is 0.0824. The lowest BCUT2D eigenvalue weighted by atomic mass is 10.1. The number of fused-ring (bicyclic) bond motifs is 1. The maximum atomic E-state index is 12.4. The van der Waals surface area contributed by atoms with E-state index in [4.69, 9.17) is 10.5 Å². The predicted molar refractivity (Wildman–Crippen MR) is 84.4 cm³/mol. The molecule has 0 spiro atoms. The van der Waals surface area contributed by atoms with Crippen LogP contribution < -0.4 is 11.1 Å². The van der Waals surface area contributed by atoms with E-state index in [1.54, 1.807) is 7.11 Å². The second-order valence-corrected chi connectivity index (χ2v) is 6.59. The van der Waals surface area contributed by atoms with Gasteiger partial charge in [-0.05, 0) is 26.3 Å². The number of carbonyl (C=O) groups excluding carboxylic acids is 1. The van der Waals surface area contributed by atoms with E-state index < -0.39 is 5.54 Å².